The van der Waals surface area contributed by atoms with Crippen molar-refractivity contribution in [3.05, 3.63) is 64.8 Å². The highest BCUT2D eigenvalue weighted by molar-refractivity contribution is 6.02. The number of anilines is 1. The Balaban J connectivity index is 2.01. The van der Waals surface area contributed by atoms with Gasteiger partial charge in [0.2, 0.25) is 5.91 Å². The summed E-state index contributed by atoms with van der Waals surface area (Å²) in [5, 5.41) is 15.2. The van der Waals surface area contributed by atoms with Gasteiger partial charge in [0.15, 0.2) is 0 Å². The van der Waals surface area contributed by atoms with E-state index in [2.05, 4.69) is 5.32 Å². The third kappa shape index (κ3) is 3.13. The predicted molar refractivity (Wildman–Crippen MR) is 95.5 cm³/mol. The summed E-state index contributed by atoms with van der Waals surface area (Å²) in [5.74, 6) is -1.54. The first-order valence-corrected chi connectivity index (χ1v) is 8.03. The van der Waals surface area contributed by atoms with Gasteiger partial charge in [-0.15, -0.1) is 0 Å². The summed E-state index contributed by atoms with van der Waals surface area (Å²) in [4.78, 5) is 24.1. The van der Waals surface area contributed by atoms with E-state index in [4.69, 9.17) is 0 Å². The van der Waals surface area contributed by atoms with E-state index in [0.717, 1.165) is 27.7 Å². The number of nitrogens with one attached hydrogen (secondary N) is 1. The molecule has 3 rings (SSSR count). The highest BCUT2D eigenvalue weighted by Crippen LogP contribution is 2.27. The van der Waals surface area contributed by atoms with Crippen molar-refractivity contribution in [3.8, 4) is 0 Å². The molecule has 0 fully saturated rings. The number of hydrogen-bond donors (Lipinski definition) is 1. The number of carboxylic acid groups (broad SMARTS) is 1. The minimum Gasteiger partial charge on any atom is -0.543 e. The molecular formula is C20H19N2O3-. The highest BCUT2D eigenvalue weighted by Gasteiger charge is 2.19. The zero-order chi connectivity index (χ0) is 18.1. The summed E-state index contributed by atoms with van der Waals surface area (Å²) >= 11 is 0. The Hall–Kier alpha value is -3.08. The molecule has 0 aliphatic carbocycles. The maximum atomic E-state index is 12.5. The first-order valence-electron chi connectivity index (χ1n) is 8.03. The van der Waals surface area contributed by atoms with Crippen LogP contribution in [0.15, 0.2) is 42.5 Å². The smallest absolute Gasteiger partial charge is 0.228 e. The van der Waals surface area contributed by atoms with Crippen LogP contribution in [-0.4, -0.2) is 16.4 Å². The molecule has 1 heterocycles. The molecule has 0 spiro atoms. The normalized spacial score (nSPS) is 10.8. The summed E-state index contributed by atoms with van der Waals surface area (Å²) in [6.07, 6.45) is -0.0293. The zero-order valence-electron chi connectivity index (χ0n) is 14.4. The van der Waals surface area contributed by atoms with E-state index < -0.39 is 5.97 Å². The monoisotopic (exact) mass is 335 g/mol. The number of carboxylic acids is 1. The summed E-state index contributed by atoms with van der Waals surface area (Å²) in [5.41, 5.74) is 3.96. The molecule has 0 unspecified atom stereocenters. The Morgan fingerprint density at radius 3 is 2.52 bits per heavy atom. The molecule has 0 aliphatic rings. The van der Waals surface area contributed by atoms with Crippen molar-refractivity contribution in [1.29, 1.82) is 0 Å². The van der Waals surface area contributed by atoms with Gasteiger partial charge in [-0.1, -0.05) is 29.8 Å². The summed E-state index contributed by atoms with van der Waals surface area (Å²) in [6, 6.07) is 13.1. The Kier molecular flexibility index (Phi) is 4.31. The molecule has 3 aromatic rings. The maximum absolute atomic E-state index is 12.5. The third-order valence-electron chi connectivity index (χ3n) is 4.41. The molecule has 0 saturated carbocycles. The first kappa shape index (κ1) is 16.8. The maximum Gasteiger partial charge on any atom is 0.228 e. The molecule has 0 saturated heterocycles. The molecule has 0 aliphatic heterocycles. The second-order valence-corrected chi connectivity index (χ2v) is 6.23. The van der Waals surface area contributed by atoms with Crippen molar-refractivity contribution in [2.45, 2.75) is 20.3 Å². The molecule has 2 aromatic carbocycles. The first-order chi connectivity index (χ1) is 11.9. The van der Waals surface area contributed by atoms with Crippen LogP contribution in [0.2, 0.25) is 0 Å². The average molecular weight is 335 g/mol. The molecule has 1 aromatic heterocycles. The van der Waals surface area contributed by atoms with E-state index in [9.17, 15) is 14.7 Å². The van der Waals surface area contributed by atoms with Crippen molar-refractivity contribution in [2.75, 3.05) is 5.32 Å². The van der Waals surface area contributed by atoms with Crippen LogP contribution in [-0.2, 0) is 18.3 Å². The van der Waals surface area contributed by atoms with Crippen molar-refractivity contribution >= 4 is 28.5 Å². The van der Waals surface area contributed by atoms with Gasteiger partial charge < -0.3 is 19.8 Å². The lowest BCUT2D eigenvalue weighted by Crippen LogP contribution is -2.27. The Labute approximate surface area is 145 Å². The topological polar surface area (TPSA) is 74.2 Å². The summed E-state index contributed by atoms with van der Waals surface area (Å²) < 4.78 is 1.57. The van der Waals surface area contributed by atoms with Gasteiger partial charge in [0.25, 0.3) is 0 Å². The molecular weight excluding hydrogens is 316 g/mol. The largest absolute Gasteiger partial charge is 0.543 e. The van der Waals surface area contributed by atoms with Crippen molar-refractivity contribution in [3.63, 3.8) is 0 Å². The van der Waals surface area contributed by atoms with Gasteiger partial charge >= 0.3 is 0 Å². The fourth-order valence-electron chi connectivity index (χ4n) is 3.14. The van der Waals surface area contributed by atoms with Gasteiger partial charge in [-0.3, -0.25) is 4.79 Å². The fourth-order valence-corrected chi connectivity index (χ4v) is 3.14. The average Bonchev–Trinajstić information content (AvgIpc) is 2.81. The van der Waals surface area contributed by atoms with Crippen molar-refractivity contribution in [2.24, 2.45) is 7.05 Å². The Morgan fingerprint density at radius 2 is 1.84 bits per heavy atom. The van der Waals surface area contributed by atoms with Gasteiger partial charge in [0, 0.05) is 23.6 Å². The van der Waals surface area contributed by atoms with Gasteiger partial charge in [0.1, 0.15) is 0 Å². The van der Waals surface area contributed by atoms with Crippen LogP contribution in [0.5, 0.6) is 0 Å². The Bertz CT molecular complexity index is 986. The number of aryl methyl sites for hydroxylation is 3. The quantitative estimate of drug-likeness (QED) is 0.795. The second kappa shape index (κ2) is 6.43. The van der Waals surface area contributed by atoms with Gasteiger partial charge in [-0.25, -0.2) is 0 Å². The molecule has 1 amide bonds. The van der Waals surface area contributed by atoms with Crippen molar-refractivity contribution in [1.82, 2.24) is 4.57 Å². The number of carbonyl (C=O) groups excluding carboxylic acids is 2. The van der Waals surface area contributed by atoms with Crippen LogP contribution in [0, 0.1) is 13.8 Å². The van der Waals surface area contributed by atoms with Crippen LogP contribution in [0.1, 0.15) is 27.2 Å². The molecule has 0 radical (unpaired) electrons. The van der Waals surface area contributed by atoms with E-state index in [1.54, 1.807) is 11.6 Å². The van der Waals surface area contributed by atoms with E-state index in [1.807, 2.05) is 56.3 Å². The van der Waals surface area contributed by atoms with Gasteiger partial charge in [-0.2, -0.15) is 0 Å². The standard InChI is InChI=1S/C20H20N2O3/c1-12-8-9-17-14(10-12)15(19(20(24)25)22(17)3)11-18(23)21-16-7-5-4-6-13(16)2/h4-10H,11H2,1-3H3,(H,21,23)(H,24,25)/p-1. The van der Waals surface area contributed by atoms with E-state index >= 15 is 0 Å². The van der Waals surface area contributed by atoms with Gasteiger partial charge in [-0.05, 0) is 43.2 Å². The minimum absolute atomic E-state index is 0.0293. The number of fused-ring (bicyclic) bond motifs is 1. The number of nitrogens with zero attached hydrogens (tertiary/aromatic N) is 1. The SMILES string of the molecule is Cc1ccc2c(c1)c(CC(=O)Nc1ccccc1C)c(C(=O)[O-])n2C. The van der Waals surface area contributed by atoms with E-state index in [1.165, 1.54) is 0 Å². The highest BCUT2D eigenvalue weighted by atomic mass is 16.4. The number of aromatic carboxylic acids is 1. The summed E-state index contributed by atoms with van der Waals surface area (Å²) in [6.45, 7) is 3.84. The second-order valence-electron chi connectivity index (χ2n) is 6.23. The van der Waals surface area contributed by atoms with Crippen LogP contribution >= 0.6 is 0 Å². The number of hydrogen-bond acceptors (Lipinski definition) is 3. The molecule has 1 N–H and O–H groups in total. The zero-order valence-corrected chi connectivity index (χ0v) is 14.4. The number of para-hydroxylation sites is 1. The molecule has 5 heteroatoms. The minimum atomic E-state index is -1.28. The van der Waals surface area contributed by atoms with Crippen LogP contribution in [0.3, 0.4) is 0 Å². The number of amides is 1. The van der Waals surface area contributed by atoms with E-state index in [0.29, 0.717) is 5.56 Å². The predicted octanol–water partition coefficient (Wildman–Crippen LogP) is 2.34. The fraction of sp³-hybridized carbons (Fsp3) is 0.200. The Morgan fingerprint density at radius 1 is 1.12 bits per heavy atom. The number of carbonyl (C=O) groups is 2. The lowest BCUT2D eigenvalue weighted by atomic mass is 10.0. The van der Waals surface area contributed by atoms with Crippen molar-refractivity contribution < 1.29 is 14.7 Å². The number of rotatable bonds is 4. The summed E-state index contributed by atoms with van der Waals surface area (Å²) in [7, 11) is 1.67. The molecule has 0 atom stereocenters. The van der Waals surface area contributed by atoms with Crippen LogP contribution in [0.4, 0.5) is 5.69 Å². The van der Waals surface area contributed by atoms with Crippen LogP contribution < -0.4 is 10.4 Å². The lowest BCUT2D eigenvalue weighted by Gasteiger charge is -2.10. The molecule has 5 nitrogen and oxygen atoms in total. The van der Waals surface area contributed by atoms with Gasteiger partial charge in [0.05, 0.1) is 18.1 Å². The van der Waals surface area contributed by atoms with E-state index in [-0.39, 0.29) is 18.0 Å². The third-order valence-corrected chi connectivity index (χ3v) is 4.41. The van der Waals surface area contributed by atoms with Crippen LogP contribution in [0.25, 0.3) is 10.9 Å². The lowest BCUT2D eigenvalue weighted by molar-refractivity contribution is -0.255. The molecule has 0 bridgehead atoms. The number of aromatic nitrogens is 1. The molecule has 128 valence electrons. The number of benzene rings is 2. The molecule has 25 heavy (non-hydrogen) atoms.